The molecule has 0 saturated carbocycles. The van der Waals surface area contributed by atoms with Gasteiger partial charge in [-0.15, -0.1) is 0 Å². The topological polar surface area (TPSA) is 44.4 Å². The normalized spacial score (nSPS) is 10.0. The van der Waals surface area contributed by atoms with Crippen molar-refractivity contribution in [3.05, 3.63) is 59.7 Å². The van der Waals surface area contributed by atoms with Crippen molar-refractivity contribution >= 4 is 17.4 Å². The number of urea groups is 1. The lowest BCUT2D eigenvalue weighted by Gasteiger charge is -2.13. The Morgan fingerprint density at radius 2 is 1.81 bits per heavy atom. The molecule has 0 aromatic heterocycles. The maximum atomic E-state index is 11.9. The molecule has 21 heavy (non-hydrogen) atoms. The van der Waals surface area contributed by atoms with Crippen LogP contribution < -0.4 is 15.5 Å². The van der Waals surface area contributed by atoms with Gasteiger partial charge in [-0.25, -0.2) is 4.79 Å². The highest BCUT2D eigenvalue weighted by atomic mass is 16.2. The Labute approximate surface area is 125 Å². The Kier molecular flexibility index (Phi) is 4.82. The molecule has 0 atom stereocenters. The third-order valence-electron chi connectivity index (χ3n) is 3.18. The third kappa shape index (κ3) is 4.53. The number of hydrogen-bond acceptors (Lipinski definition) is 2. The minimum Gasteiger partial charge on any atom is -0.378 e. The number of rotatable bonds is 4. The Bertz CT molecular complexity index is 606. The number of anilines is 2. The smallest absolute Gasteiger partial charge is 0.319 e. The minimum atomic E-state index is -0.200. The van der Waals surface area contributed by atoms with Gasteiger partial charge in [-0.3, -0.25) is 0 Å². The maximum Gasteiger partial charge on any atom is 0.319 e. The number of aryl methyl sites for hydroxylation is 1. The predicted octanol–water partition coefficient (Wildman–Crippen LogP) is 3.38. The summed E-state index contributed by atoms with van der Waals surface area (Å²) >= 11 is 0. The molecule has 110 valence electrons. The van der Waals surface area contributed by atoms with Crippen molar-refractivity contribution in [2.75, 3.05) is 24.3 Å². The van der Waals surface area contributed by atoms with Crippen LogP contribution in [0.4, 0.5) is 16.2 Å². The van der Waals surface area contributed by atoms with Gasteiger partial charge < -0.3 is 15.5 Å². The largest absolute Gasteiger partial charge is 0.378 e. The van der Waals surface area contributed by atoms with Gasteiger partial charge in [-0.2, -0.15) is 0 Å². The van der Waals surface area contributed by atoms with E-state index in [0.29, 0.717) is 6.54 Å². The van der Waals surface area contributed by atoms with Crippen LogP contribution in [0.25, 0.3) is 0 Å². The molecule has 2 amide bonds. The van der Waals surface area contributed by atoms with Crippen LogP contribution >= 0.6 is 0 Å². The number of benzene rings is 2. The van der Waals surface area contributed by atoms with E-state index in [9.17, 15) is 4.79 Å². The van der Waals surface area contributed by atoms with Crippen molar-refractivity contribution in [3.8, 4) is 0 Å². The molecular formula is C17H21N3O. The van der Waals surface area contributed by atoms with Crippen LogP contribution in [0.2, 0.25) is 0 Å². The van der Waals surface area contributed by atoms with E-state index in [4.69, 9.17) is 0 Å². The van der Waals surface area contributed by atoms with Crippen LogP contribution in [0.5, 0.6) is 0 Å². The molecule has 0 aliphatic heterocycles. The number of nitrogens with one attached hydrogen (secondary N) is 2. The van der Waals surface area contributed by atoms with Crippen molar-refractivity contribution < 1.29 is 4.79 Å². The highest BCUT2D eigenvalue weighted by Crippen LogP contribution is 2.15. The van der Waals surface area contributed by atoms with Crippen LogP contribution in [0.3, 0.4) is 0 Å². The van der Waals surface area contributed by atoms with E-state index >= 15 is 0 Å². The molecule has 0 aliphatic rings. The number of carbonyl (C=O) groups excluding carboxylic acids is 1. The molecule has 0 heterocycles. The lowest BCUT2D eigenvalue weighted by atomic mass is 10.1. The molecular weight excluding hydrogens is 262 g/mol. The summed E-state index contributed by atoms with van der Waals surface area (Å²) in [4.78, 5) is 13.9. The van der Waals surface area contributed by atoms with Crippen molar-refractivity contribution in [2.24, 2.45) is 0 Å². The first-order valence-corrected chi connectivity index (χ1v) is 6.92. The highest BCUT2D eigenvalue weighted by molar-refractivity contribution is 5.89. The fourth-order valence-electron chi connectivity index (χ4n) is 2.02. The van der Waals surface area contributed by atoms with Gasteiger partial charge in [-0.05, 0) is 36.8 Å². The van der Waals surface area contributed by atoms with E-state index in [2.05, 4.69) is 16.7 Å². The average Bonchev–Trinajstić information content (AvgIpc) is 2.46. The molecule has 0 aliphatic carbocycles. The first-order valence-electron chi connectivity index (χ1n) is 6.92. The summed E-state index contributed by atoms with van der Waals surface area (Å²) in [5.74, 6) is 0. The Balaban J connectivity index is 1.87. The Morgan fingerprint density at radius 3 is 2.43 bits per heavy atom. The Hall–Kier alpha value is -2.49. The van der Waals surface area contributed by atoms with Crippen molar-refractivity contribution in [1.82, 2.24) is 5.32 Å². The number of carbonyl (C=O) groups is 1. The van der Waals surface area contributed by atoms with Crippen LogP contribution in [0, 0.1) is 6.92 Å². The molecule has 0 spiro atoms. The molecule has 0 unspecified atom stereocenters. The lowest BCUT2D eigenvalue weighted by Crippen LogP contribution is -2.28. The monoisotopic (exact) mass is 283 g/mol. The van der Waals surface area contributed by atoms with Gasteiger partial charge >= 0.3 is 6.03 Å². The van der Waals surface area contributed by atoms with Crippen LogP contribution in [-0.2, 0) is 6.54 Å². The number of hydrogen-bond donors (Lipinski definition) is 2. The Morgan fingerprint density at radius 1 is 1.10 bits per heavy atom. The van der Waals surface area contributed by atoms with Crippen LogP contribution in [-0.4, -0.2) is 20.1 Å². The van der Waals surface area contributed by atoms with Crippen molar-refractivity contribution in [3.63, 3.8) is 0 Å². The second-order valence-electron chi connectivity index (χ2n) is 5.24. The SMILES string of the molecule is Cc1cccc(CNC(=O)Nc2ccc(N(C)C)cc2)c1. The van der Waals surface area contributed by atoms with E-state index in [-0.39, 0.29) is 6.03 Å². The molecule has 0 fully saturated rings. The van der Waals surface area contributed by atoms with Gasteiger partial charge in [0, 0.05) is 32.0 Å². The van der Waals surface area contributed by atoms with E-state index in [1.165, 1.54) is 5.56 Å². The molecule has 4 heteroatoms. The van der Waals surface area contributed by atoms with Gasteiger partial charge in [-0.1, -0.05) is 29.8 Å². The summed E-state index contributed by atoms with van der Waals surface area (Å²) < 4.78 is 0. The fourth-order valence-corrected chi connectivity index (χ4v) is 2.02. The second kappa shape index (κ2) is 6.79. The lowest BCUT2D eigenvalue weighted by molar-refractivity contribution is 0.251. The van der Waals surface area contributed by atoms with E-state index in [1.54, 1.807) is 0 Å². The predicted molar refractivity (Wildman–Crippen MR) is 87.8 cm³/mol. The van der Waals surface area contributed by atoms with Crippen LogP contribution in [0.15, 0.2) is 48.5 Å². The quantitative estimate of drug-likeness (QED) is 0.903. The first kappa shape index (κ1) is 14.9. The van der Waals surface area contributed by atoms with Crippen LogP contribution in [0.1, 0.15) is 11.1 Å². The zero-order chi connectivity index (χ0) is 15.2. The van der Waals surface area contributed by atoms with Crippen molar-refractivity contribution in [1.29, 1.82) is 0 Å². The molecule has 0 saturated heterocycles. The van der Waals surface area contributed by atoms with E-state index in [0.717, 1.165) is 16.9 Å². The molecule has 4 nitrogen and oxygen atoms in total. The zero-order valence-corrected chi connectivity index (χ0v) is 12.7. The average molecular weight is 283 g/mol. The molecule has 0 radical (unpaired) electrons. The molecule has 2 N–H and O–H groups in total. The van der Waals surface area contributed by atoms with Gasteiger partial charge in [0.1, 0.15) is 0 Å². The van der Waals surface area contributed by atoms with Crippen molar-refractivity contribution in [2.45, 2.75) is 13.5 Å². The first-order chi connectivity index (χ1) is 10.0. The highest BCUT2D eigenvalue weighted by Gasteiger charge is 2.02. The van der Waals surface area contributed by atoms with Gasteiger partial charge in [0.15, 0.2) is 0 Å². The molecule has 0 bridgehead atoms. The van der Waals surface area contributed by atoms with Gasteiger partial charge in [0.05, 0.1) is 0 Å². The molecule has 2 aromatic rings. The summed E-state index contributed by atoms with van der Waals surface area (Å²) in [5.41, 5.74) is 4.16. The fraction of sp³-hybridized carbons (Fsp3) is 0.235. The maximum absolute atomic E-state index is 11.9. The summed E-state index contributed by atoms with van der Waals surface area (Å²) in [5, 5.41) is 5.68. The van der Waals surface area contributed by atoms with E-state index in [1.807, 2.05) is 68.4 Å². The zero-order valence-electron chi connectivity index (χ0n) is 12.7. The number of amides is 2. The molecule has 2 rings (SSSR count). The summed E-state index contributed by atoms with van der Waals surface area (Å²) in [6, 6.07) is 15.6. The van der Waals surface area contributed by atoms with Gasteiger partial charge in [0.25, 0.3) is 0 Å². The second-order valence-corrected chi connectivity index (χ2v) is 5.24. The summed E-state index contributed by atoms with van der Waals surface area (Å²) in [7, 11) is 3.97. The molecule has 2 aromatic carbocycles. The van der Waals surface area contributed by atoms with E-state index < -0.39 is 0 Å². The van der Waals surface area contributed by atoms with Gasteiger partial charge in [0.2, 0.25) is 0 Å². The summed E-state index contributed by atoms with van der Waals surface area (Å²) in [6.07, 6.45) is 0. The minimum absolute atomic E-state index is 0.200. The standard InChI is InChI=1S/C17H21N3O/c1-13-5-4-6-14(11-13)12-18-17(21)19-15-7-9-16(10-8-15)20(2)3/h4-11H,12H2,1-3H3,(H2,18,19,21). The summed E-state index contributed by atoms with van der Waals surface area (Å²) in [6.45, 7) is 2.55. The number of nitrogens with zero attached hydrogens (tertiary/aromatic N) is 1. The third-order valence-corrected chi connectivity index (χ3v) is 3.18.